The van der Waals surface area contributed by atoms with Crippen molar-refractivity contribution < 1.29 is 14.6 Å². The minimum absolute atomic E-state index is 0.0820. The quantitative estimate of drug-likeness (QED) is 0.845. The van der Waals surface area contributed by atoms with Gasteiger partial charge in [0.05, 0.1) is 0 Å². The molecule has 0 saturated carbocycles. The minimum Gasteiger partial charge on any atom is -0.491 e. The summed E-state index contributed by atoms with van der Waals surface area (Å²) in [4.78, 5) is 13.4. The van der Waals surface area contributed by atoms with Gasteiger partial charge in [-0.25, -0.2) is 0 Å². The molecule has 1 fully saturated rings. The van der Waals surface area contributed by atoms with Crippen LogP contribution < -0.4 is 10.1 Å². The lowest BCUT2D eigenvalue weighted by molar-refractivity contribution is -0.120. The van der Waals surface area contributed by atoms with Crippen LogP contribution in [0.3, 0.4) is 0 Å². The number of hydrogen-bond donors (Lipinski definition) is 2. The number of β-amino-alcohol motifs (C(OH)–C–C–N with tert-alkyl or cyclic N) is 1. The molecule has 1 aliphatic heterocycles. The average Bonchev–Trinajstić information content (AvgIpc) is 2.63. The molecule has 5 heteroatoms. The number of aryl methyl sites for hydroxylation is 2. The van der Waals surface area contributed by atoms with Gasteiger partial charge in [-0.2, -0.15) is 0 Å². The Balaban J connectivity index is 1.78. The van der Waals surface area contributed by atoms with Crippen LogP contribution in [0.25, 0.3) is 0 Å². The number of aliphatic hydroxyl groups excluding tert-OH is 1. The first-order chi connectivity index (χ1) is 10.0. The Morgan fingerprint density at radius 3 is 2.95 bits per heavy atom. The summed E-state index contributed by atoms with van der Waals surface area (Å²) in [6, 6.07) is 6.00. The molecule has 2 rings (SSSR count). The lowest BCUT2D eigenvalue weighted by Gasteiger charge is -2.22. The standard InChI is InChI=1S/C16H24N2O3/c1-12-3-4-15(13(2)9-12)21-11-14(19)10-18-7-5-16(20)17-6-8-18/h3-4,9,14,19H,5-8,10-11H2,1-2H3,(H,17,20). The molecular formula is C16H24N2O3. The second kappa shape index (κ2) is 7.43. The van der Waals surface area contributed by atoms with E-state index in [-0.39, 0.29) is 12.5 Å². The highest BCUT2D eigenvalue weighted by atomic mass is 16.5. The molecule has 0 radical (unpaired) electrons. The van der Waals surface area contributed by atoms with Crippen LogP contribution in [-0.2, 0) is 4.79 Å². The maximum absolute atomic E-state index is 11.3. The van der Waals surface area contributed by atoms with Crippen molar-refractivity contribution in [2.75, 3.05) is 32.8 Å². The number of hydrogen-bond acceptors (Lipinski definition) is 4. The first-order valence-corrected chi connectivity index (χ1v) is 7.42. The fourth-order valence-electron chi connectivity index (χ4n) is 2.49. The molecule has 0 spiro atoms. The van der Waals surface area contributed by atoms with E-state index < -0.39 is 6.10 Å². The Morgan fingerprint density at radius 2 is 2.19 bits per heavy atom. The summed E-state index contributed by atoms with van der Waals surface area (Å²) in [5.41, 5.74) is 2.27. The normalized spacial score (nSPS) is 18.0. The second-order valence-corrected chi connectivity index (χ2v) is 5.63. The number of rotatable bonds is 5. The Labute approximate surface area is 125 Å². The van der Waals surface area contributed by atoms with Crippen LogP contribution in [0.15, 0.2) is 18.2 Å². The molecule has 116 valence electrons. The van der Waals surface area contributed by atoms with Crippen molar-refractivity contribution in [1.29, 1.82) is 0 Å². The lowest BCUT2D eigenvalue weighted by Crippen LogP contribution is -2.37. The highest BCUT2D eigenvalue weighted by molar-refractivity contribution is 5.76. The predicted octanol–water partition coefficient (Wildman–Crippen LogP) is 0.865. The molecule has 1 heterocycles. The van der Waals surface area contributed by atoms with Crippen LogP contribution in [0.5, 0.6) is 5.75 Å². The van der Waals surface area contributed by atoms with Gasteiger partial charge in [-0.15, -0.1) is 0 Å². The van der Waals surface area contributed by atoms with E-state index in [1.807, 2.05) is 26.0 Å². The maximum atomic E-state index is 11.3. The molecule has 1 aromatic carbocycles. The van der Waals surface area contributed by atoms with E-state index in [1.54, 1.807) is 0 Å². The Kier molecular flexibility index (Phi) is 5.59. The molecule has 1 aromatic rings. The van der Waals surface area contributed by atoms with Gasteiger partial charge in [0.15, 0.2) is 0 Å². The molecule has 21 heavy (non-hydrogen) atoms. The van der Waals surface area contributed by atoms with Crippen LogP contribution in [0, 0.1) is 13.8 Å². The third-order valence-corrected chi connectivity index (χ3v) is 3.64. The molecule has 1 saturated heterocycles. The summed E-state index contributed by atoms with van der Waals surface area (Å²) in [5, 5.41) is 12.9. The SMILES string of the molecule is Cc1ccc(OCC(O)CN2CCNC(=O)CC2)c(C)c1. The number of benzene rings is 1. The Morgan fingerprint density at radius 1 is 1.38 bits per heavy atom. The minimum atomic E-state index is -0.557. The zero-order chi connectivity index (χ0) is 15.2. The number of ether oxygens (including phenoxy) is 1. The van der Waals surface area contributed by atoms with Crippen molar-refractivity contribution in [2.24, 2.45) is 0 Å². The molecule has 1 atom stereocenters. The van der Waals surface area contributed by atoms with E-state index in [9.17, 15) is 9.90 Å². The first kappa shape index (κ1) is 15.8. The van der Waals surface area contributed by atoms with Crippen LogP contribution >= 0.6 is 0 Å². The number of aliphatic hydroxyl groups is 1. The topological polar surface area (TPSA) is 61.8 Å². The van der Waals surface area contributed by atoms with Gasteiger partial charge in [0.25, 0.3) is 0 Å². The summed E-state index contributed by atoms with van der Waals surface area (Å²) in [6.45, 7) is 6.94. The van der Waals surface area contributed by atoms with Crippen molar-refractivity contribution in [1.82, 2.24) is 10.2 Å². The number of carbonyl (C=O) groups is 1. The van der Waals surface area contributed by atoms with Gasteiger partial charge >= 0.3 is 0 Å². The van der Waals surface area contributed by atoms with Gasteiger partial charge in [-0.1, -0.05) is 17.7 Å². The van der Waals surface area contributed by atoms with E-state index in [0.717, 1.165) is 17.9 Å². The van der Waals surface area contributed by atoms with Crippen LogP contribution in [-0.4, -0.2) is 54.8 Å². The lowest BCUT2D eigenvalue weighted by atomic mass is 10.1. The van der Waals surface area contributed by atoms with E-state index in [1.165, 1.54) is 5.56 Å². The van der Waals surface area contributed by atoms with Gasteiger partial charge < -0.3 is 15.2 Å². The molecule has 1 unspecified atom stereocenters. The van der Waals surface area contributed by atoms with Crippen molar-refractivity contribution >= 4 is 5.91 Å². The summed E-state index contributed by atoms with van der Waals surface area (Å²) in [5.74, 6) is 0.894. The molecule has 2 N–H and O–H groups in total. The van der Waals surface area contributed by atoms with Crippen molar-refractivity contribution in [2.45, 2.75) is 26.4 Å². The molecular weight excluding hydrogens is 268 g/mol. The number of carbonyl (C=O) groups excluding carboxylic acids is 1. The van der Waals surface area contributed by atoms with Crippen molar-refractivity contribution in [3.63, 3.8) is 0 Å². The highest BCUT2D eigenvalue weighted by Crippen LogP contribution is 2.18. The van der Waals surface area contributed by atoms with Crippen LogP contribution in [0.4, 0.5) is 0 Å². The molecule has 0 aromatic heterocycles. The largest absolute Gasteiger partial charge is 0.491 e. The Bertz CT molecular complexity index is 490. The highest BCUT2D eigenvalue weighted by Gasteiger charge is 2.17. The van der Waals surface area contributed by atoms with Gasteiger partial charge in [0.2, 0.25) is 5.91 Å². The first-order valence-electron chi connectivity index (χ1n) is 7.42. The van der Waals surface area contributed by atoms with Crippen molar-refractivity contribution in [3.05, 3.63) is 29.3 Å². The average molecular weight is 292 g/mol. The van der Waals surface area contributed by atoms with Gasteiger partial charge in [-0.3, -0.25) is 9.69 Å². The van der Waals surface area contributed by atoms with Gasteiger partial charge in [-0.05, 0) is 25.5 Å². The summed E-state index contributed by atoms with van der Waals surface area (Å²) in [6.07, 6.45) is -0.0658. The van der Waals surface area contributed by atoms with E-state index in [2.05, 4.69) is 16.3 Å². The summed E-state index contributed by atoms with van der Waals surface area (Å²) >= 11 is 0. The summed E-state index contributed by atoms with van der Waals surface area (Å²) in [7, 11) is 0. The number of nitrogens with zero attached hydrogens (tertiary/aromatic N) is 1. The predicted molar refractivity (Wildman–Crippen MR) is 81.5 cm³/mol. The number of nitrogens with one attached hydrogen (secondary N) is 1. The smallest absolute Gasteiger partial charge is 0.221 e. The van der Waals surface area contributed by atoms with E-state index in [4.69, 9.17) is 4.74 Å². The van der Waals surface area contributed by atoms with Gasteiger partial charge in [0.1, 0.15) is 18.5 Å². The van der Waals surface area contributed by atoms with Gasteiger partial charge in [0, 0.05) is 32.6 Å². The monoisotopic (exact) mass is 292 g/mol. The summed E-state index contributed by atoms with van der Waals surface area (Å²) < 4.78 is 5.69. The molecule has 0 bridgehead atoms. The Hall–Kier alpha value is -1.59. The van der Waals surface area contributed by atoms with E-state index in [0.29, 0.717) is 26.1 Å². The second-order valence-electron chi connectivity index (χ2n) is 5.63. The number of amides is 1. The third kappa shape index (κ3) is 5.02. The molecule has 5 nitrogen and oxygen atoms in total. The van der Waals surface area contributed by atoms with Crippen LogP contribution in [0.2, 0.25) is 0 Å². The molecule has 1 aliphatic rings. The maximum Gasteiger partial charge on any atom is 0.221 e. The third-order valence-electron chi connectivity index (χ3n) is 3.64. The fraction of sp³-hybridized carbons (Fsp3) is 0.562. The molecule has 0 aliphatic carbocycles. The van der Waals surface area contributed by atoms with Crippen molar-refractivity contribution in [3.8, 4) is 5.75 Å². The molecule has 1 amide bonds. The van der Waals surface area contributed by atoms with Crippen LogP contribution in [0.1, 0.15) is 17.5 Å². The zero-order valence-electron chi connectivity index (χ0n) is 12.8. The zero-order valence-corrected chi connectivity index (χ0v) is 12.8. The van der Waals surface area contributed by atoms with E-state index >= 15 is 0 Å². The fourth-order valence-corrected chi connectivity index (χ4v) is 2.49.